The van der Waals surface area contributed by atoms with E-state index in [0.29, 0.717) is 15.8 Å². The predicted molar refractivity (Wildman–Crippen MR) is 118 cm³/mol. The molecule has 0 saturated carbocycles. The Morgan fingerprint density at radius 2 is 1.68 bits per heavy atom. The molecule has 1 heterocycles. The fraction of sp³-hybridized carbons (Fsp3) is 0.333. The van der Waals surface area contributed by atoms with Crippen LogP contribution in [0.3, 0.4) is 0 Å². The Balaban J connectivity index is 1.48. The molecule has 1 fully saturated rings. The highest BCUT2D eigenvalue weighted by atomic mass is 32.2. The standard InChI is InChI=1S/C21H24N2O3S2/c1-23(2)18-10-8-17(9-11-18)22-19(24)14-26-20(25)15-4-6-16(7-5-15)21-27-12-3-13-28-21/h4-11,21H,3,12-14H2,1-2H3,(H,22,24). The summed E-state index contributed by atoms with van der Waals surface area (Å²) in [4.78, 5) is 26.2. The summed E-state index contributed by atoms with van der Waals surface area (Å²) >= 11 is 3.88. The minimum Gasteiger partial charge on any atom is -0.452 e. The lowest BCUT2D eigenvalue weighted by Gasteiger charge is -2.21. The van der Waals surface area contributed by atoms with Crippen molar-refractivity contribution in [3.8, 4) is 0 Å². The molecule has 1 aliphatic rings. The van der Waals surface area contributed by atoms with Gasteiger partial charge < -0.3 is 15.0 Å². The molecule has 2 aromatic carbocycles. The summed E-state index contributed by atoms with van der Waals surface area (Å²) in [6.07, 6.45) is 1.25. The molecule has 1 amide bonds. The summed E-state index contributed by atoms with van der Waals surface area (Å²) in [6.45, 7) is -0.315. The Morgan fingerprint density at radius 3 is 2.29 bits per heavy atom. The van der Waals surface area contributed by atoms with Gasteiger partial charge in [-0.2, -0.15) is 0 Å². The fourth-order valence-electron chi connectivity index (χ4n) is 2.71. The number of rotatable bonds is 6. The molecule has 0 radical (unpaired) electrons. The fourth-order valence-corrected chi connectivity index (χ4v) is 5.61. The molecular weight excluding hydrogens is 392 g/mol. The summed E-state index contributed by atoms with van der Waals surface area (Å²) < 4.78 is 5.57. The quantitative estimate of drug-likeness (QED) is 0.704. The maximum absolute atomic E-state index is 12.2. The highest BCUT2D eigenvalue weighted by molar-refractivity contribution is 8.16. The lowest BCUT2D eigenvalue weighted by molar-refractivity contribution is -0.119. The molecule has 0 aliphatic carbocycles. The van der Waals surface area contributed by atoms with E-state index in [1.807, 2.05) is 78.9 Å². The van der Waals surface area contributed by atoms with Gasteiger partial charge in [0.15, 0.2) is 6.61 Å². The summed E-state index contributed by atoms with van der Waals surface area (Å²) in [5.74, 6) is 1.49. The van der Waals surface area contributed by atoms with Crippen molar-refractivity contribution < 1.29 is 14.3 Å². The summed E-state index contributed by atoms with van der Waals surface area (Å²) in [7, 11) is 3.90. The lowest BCUT2D eigenvalue weighted by atomic mass is 10.1. The van der Waals surface area contributed by atoms with Crippen molar-refractivity contribution in [2.24, 2.45) is 0 Å². The van der Waals surface area contributed by atoms with E-state index in [-0.39, 0.29) is 12.5 Å². The van der Waals surface area contributed by atoms with E-state index in [1.54, 1.807) is 12.1 Å². The van der Waals surface area contributed by atoms with Crippen LogP contribution in [0.25, 0.3) is 0 Å². The maximum atomic E-state index is 12.2. The normalized spacial score (nSPS) is 14.4. The second-order valence-corrected chi connectivity index (χ2v) is 9.34. The Bertz CT molecular complexity index is 801. The first kappa shape index (κ1) is 20.6. The van der Waals surface area contributed by atoms with Crippen molar-refractivity contribution in [2.45, 2.75) is 11.0 Å². The van der Waals surface area contributed by atoms with E-state index in [2.05, 4.69) is 5.32 Å². The number of esters is 1. The van der Waals surface area contributed by atoms with E-state index in [0.717, 1.165) is 5.69 Å². The molecule has 0 aromatic heterocycles. The summed E-state index contributed by atoms with van der Waals surface area (Å²) in [5, 5.41) is 2.73. The molecule has 0 bridgehead atoms. The maximum Gasteiger partial charge on any atom is 0.338 e. The van der Waals surface area contributed by atoms with Gasteiger partial charge in [0.25, 0.3) is 5.91 Å². The number of anilines is 2. The molecule has 0 spiro atoms. The number of hydrogen-bond donors (Lipinski definition) is 1. The second kappa shape index (κ2) is 9.89. The zero-order valence-corrected chi connectivity index (χ0v) is 17.6. The van der Waals surface area contributed by atoms with Gasteiger partial charge >= 0.3 is 5.97 Å². The van der Waals surface area contributed by atoms with E-state index >= 15 is 0 Å². The average Bonchev–Trinajstić information content (AvgIpc) is 2.73. The summed E-state index contributed by atoms with van der Waals surface area (Å²) in [5.41, 5.74) is 3.37. The number of nitrogens with zero attached hydrogens (tertiary/aromatic N) is 1. The highest BCUT2D eigenvalue weighted by Gasteiger charge is 2.17. The molecule has 28 heavy (non-hydrogen) atoms. The van der Waals surface area contributed by atoms with E-state index in [1.165, 1.54) is 23.5 Å². The van der Waals surface area contributed by atoms with Crippen LogP contribution in [0.1, 0.15) is 26.9 Å². The molecular formula is C21H24N2O3S2. The van der Waals surface area contributed by atoms with Gasteiger partial charge in [0.2, 0.25) is 0 Å². The zero-order chi connectivity index (χ0) is 19.9. The summed E-state index contributed by atoms with van der Waals surface area (Å²) in [6, 6.07) is 14.9. The van der Waals surface area contributed by atoms with Crippen LogP contribution in [0.15, 0.2) is 48.5 Å². The molecule has 3 rings (SSSR count). The molecule has 1 N–H and O–H groups in total. The molecule has 7 heteroatoms. The number of nitrogens with one attached hydrogen (secondary N) is 1. The predicted octanol–water partition coefficient (Wildman–Crippen LogP) is 4.42. The van der Waals surface area contributed by atoms with Gasteiger partial charge in [-0.25, -0.2) is 4.79 Å². The number of amides is 1. The van der Waals surface area contributed by atoms with Crippen LogP contribution in [-0.4, -0.2) is 44.1 Å². The third kappa shape index (κ3) is 5.69. The number of benzene rings is 2. The largest absolute Gasteiger partial charge is 0.452 e. The van der Waals surface area contributed by atoms with Crippen LogP contribution in [-0.2, 0) is 9.53 Å². The van der Waals surface area contributed by atoms with Gasteiger partial charge in [0.05, 0.1) is 10.1 Å². The molecule has 1 saturated heterocycles. The van der Waals surface area contributed by atoms with Crippen LogP contribution in [0, 0.1) is 0 Å². The van der Waals surface area contributed by atoms with Crippen molar-refractivity contribution in [1.82, 2.24) is 0 Å². The highest BCUT2D eigenvalue weighted by Crippen LogP contribution is 2.43. The second-order valence-electron chi connectivity index (χ2n) is 6.61. The van der Waals surface area contributed by atoms with Gasteiger partial charge in [0, 0.05) is 25.5 Å². The number of thioether (sulfide) groups is 2. The van der Waals surface area contributed by atoms with Gasteiger partial charge in [-0.05, 0) is 59.9 Å². The first-order chi connectivity index (χ1) is 13.5. The monoisotopic (exact) mass is 416 g/mol. The Kier molecular flexibility index (Phi) is 7.28. The van der Waals surface area contributed by atoms with Crippen LogP contribution >= 0.6 is 23.5 Å². The van der Waals surface area contributed by atoms with Crippen molar-refractivity contribution in [1.29, 1.82) is 0 Å². The van der Waals surface area contributed by atoms with Crippen molar-refractivity contribution >= 4 is 46.8 Å². The van der Waals surface area contributed by atoms with Crippen LogP contribution in [0.5, 0.6) is 0 Å². The SMILES string of the molecule is CN(C)c1ccc(NC(=O)COC(=O)c2ccc(C3SCCCS3)cc2)cc1. The van der Waals surface area contributed by atoms with Crippen LogP contribution in [0.4, 0.5) is 11.4 Å². The topological polar surface area (TPSA) is 58.6 Å². The van der Waals surface area contributed by atoms with Crippen LogP contribution < -0.4 is 10.2 Å². The molecule has 5 nitrogen and oxygen atoms in total. The smallest absolute Gasteiger partial charge is 0.338 e. The van der Waals surface area contributed by atoms with E-state index < -0.39 is 5.97 Å². The molecule has 1 aliphatic heterocycles. The molecule has 2 aromatic rings. The van der Waals surface area contributed by atoms with Gasteiger partial charge in [-0.15, -0.1) is 23.5 Å². The third-order valence-corrected chi connectivity index (χ3v) is 7.26. The number of ether oxygens (including phenoxy) is 1. The first-order valence-electron chi connectivity index (χ1n) is 9.10. The number of carbonyl (C=O) groups is 2. The Labute approximate surface area is 174 Å². The number of carbonyl (C=O) groups excluding carboxylic acids is 2. The van der Waals surface area contributed by atoms with E-state index in [9.17, 15) is 9.59 Å². The van der Waals surface area contributed by atoms with Crippen molar-refractivity contribution in [3.05, 3.63) is 59.7 Å². The number of hydrogen-bond acceptors (Lipinski definition) is 6. The Morgan fingerprint density at radius 1 is 1.04 bits per heavy atom. The van der Waals surface area contributed by atoms with Gasteiger partial charge in [-0.3, -0.25) is 4.79 Å². The van der Waals surface area contributed by atoms with Crippen molar-refractivity contribution in [3.63, 3.8) is 0 Å². The lowest BCUT2D eigenvalue weighted by Crippen LogP contribution is -2.21. The molecule has 148 valence electrons. The zero-order valence-electron chi connectivity index (χ0n) is 16.0. The third-order valence-electron chi connectivity index (χ3n) is 4.25. The molecule has 0 atom stereocenters. The van der Waals surface area contributed by atoms with Crippen LogP contribution in [0.2, 0.25) is 0 Å². The van der Waals surface area contributed by atoms with E-state index in [4.69, 9.17) is 4.74 Å². The average molecular weight is 417 g/mol. The van der Waals surface area contributed by atoms with Crippen molar-refractivity contribution in [2.75, 3.05) is 42.4 Å². The Hall–Kier alpha value is -2.12. The minimum absolute atomic E-state index is 0.315. The van der Waals surface area contributed by atoms with Gasteiger partial charge in [-0.1, -0.05) is 12.1 Å². The van der Waals surface area contributed by atoms with Gasteiger partial charge in [0.1, 0.15) is 0 Å². The molecule has 0 unspecified atom stereocenters. The first-order valence-corrected chi connectivity index (χ1v) is 11.2. The minimum atomic E-state index is -0.492.